The Kier molecular flexibility index (Phi) is 1.73. The Morgan fingerprint density at radius 1 is 0.944 bits per heavy atom. The van der Waals surface area contributed by atoms with E-state index in [0.717, 1.165) is 20.9 Å². The first-order valence-corrected chi connectivity index (χ1v) is 6.33. The molecule has 2 heterocycles. The van der Waals surface area contributed by atoms with Crippen LogP contribution in [0.1, 0.15) is 20.7 Å². The van der Waals surface area contributed by atoms with Gasteiger partial charge in [0, 0.05) is 15.5 Å². The van der Waals surface area contributed by atoms with Gasteiger partial charge < -0.3 is 4.74 Å². The van der Waals surface area contributed by atoms with Crippen molar-refractivity contribution in [3.63, 3.8) is 0 Å². The fraction of sp³-hybridized carbons (Fsp3) is 0. The van der Waals surface area contributed by atoms with Crippen molar-refractivity contribution in [2.75, 3.05) is 0 Å². The summed E-state index contributed by atoms with van der Waals surface area (Å²) in [6.45, 7) is 0. The smallest absolute Gasteiger partial charge is 0.347 e. The number of carbonyl (C=O) groups excluding carboxylic acids is 2. The second-order valence-corrected chi connectivity index (χ2v) is 5.11. The Balaban J connectivity index is 2.32. The number of rotatable bonds is 0. The van der Waals surface area contributed by atoms with Crippen molar-refractivity contribution in [2.45, 2.75) is 0 Å². The minimum absolute atomic E-state index is 0.367. The van der Waals surface area contributed by atoms with Crippen LogP contribution < -0.4 is 0 Å². The Morgan fingerprint density at radius 3 is 2.67 bits per heavy atom. The van der Waals surface area contributed by atoms with Gasteiger partial charge in [0.25, 0.3) is 0 Å². The quantitative estimate of drug-likeness (QED) is 0.456. The van der Waals surface area contributed by atoms with Gasteiger partial charge in [0.1, 0.15) is 0 Å². The van der Waals surface area contributed by atoms with Crippen molar-refractivity contribution in [3.05, 3.63) is 46.8 Å². The highest BCUT2D eigenvalue weighted by molar-refractivity contribution is 7.17. The molecule has 0 spiro atoms. The highest BCUT2D eigenvalue weighted by Crippen LogP contribution is 2.35. The standard InChI is InChI=1S/C14H6O3S/c15-13-9-3-1-7-2-4-10-8(5-6-18-10)11(7)12(9)14(16)17-13/h1-6H. The molecule has 1 aliphatic heterocycles. The molecule has 0 radical (unpaired) electrons. The van der Waals surface area contributed by atoms with Crippen LogP contribution in [0.2, 0.25) is 0 Å². The third kappa shape index (κ3) is 1.08. The Hall–Kier alpha value is -2.20. The number of benzene rings is 2. The van der Waals surface area contributed by atoms with Crippen LogP contribution in [-0.4, -0.2) is 11.9 Å². The van der Waals surface area contributed by atoms with Crippen LogP contribution in [0, 0.1) is 0 Å². The van der Waals surface area contributed by atoms with Crippen molar-refractivity contribution in [2.24, 2.45) is 0 Å². The van der Waals surface area contributed by atoms with E-state index in [2.05, 4.69) is 0 Å². The Morgan fingerprint density at radius 2 is 1.78 bits per heavy atom. The van der Waals surface area contributed by atoms with Gasteiger partial charge in [-0.15, -0.1) is 11.3 Å². The van der Waals surface area contributed by atoms with Crippen molar-refractivity contribution in [3.8, 4) is 0 Å². The molecule has 86 valence electrons. The van der Waals surface area contributed by atoms with Crippen LogP contribution in [0.4, 0.5) is 0 Å². The van der Waals surface area contributed by atoms with Gasteiger partial charge in [0.2, 0.25) is 0 Å². The first kappa shape index (κ1) is 9.79. The summed E-state index contributed by atoms with van der Waals surface area (Å²) in [5.41, 5.74) is 0.771. The number of hydrogen-bond donors (Lipinski definition) is 0. The topological polar surface area (TPSA) is 43.4 Å². The van der Waals surface area contributed by atoms with E-state index >= 15 is 0 Å². The molecule has 0 atom stereocenters. The van der Waals surface area contributed by atoms with E-state index in [9.17, 15) is 9.59 Å². The van der Waals surface area contributed by atoms with Gasteiger partial charge in [-0.1, -0.05) is 12.1 Å². The van der Waals surface area contributed by atoms with E-state index in [0.29, 0.717) is 11.1 Å². The van der Waals surface area contributed by atoms with E-state index in [-0.39, 0.29) is 0 Å². The molecular weight excluding hydrogens is 248 g/mol. The van der Waals surface area contributed by atoms with Crippen molar-refractivity contribution < 1.29 is 14.3 Å². The molecule has 0 bridgehead atoms. The first-order valence-electron chi connectivity index (χ1n) is 5.45. The third-order valence-electron chi connectivity index (χ3n) is 3.23. The van der Waals surface area contributed by atoms with E-state index in [1.54, 1.807) is 17.4 Å². The lowest BCUT2D eigenvalue weighted by Gasteiger charge is -2.03. The van der Waals surface area contributed by atoms with Crippen LogP contribution in [0.25, 0.3) is 20.9 Å². The number of esters is 2. The molecule has 4 rings (SSSR count). The summed E-state index contributed by atoms with van der Waals surface area (Å²) in [4.78, 5) is 23.4. The van der Waals surface area contributed by atoms with Crippen LogP contribution >= 0.6 is 11.3 Å². The molecule has 0 amide bonds. The maximum Gasteiger partial charge on any atom is 0.347 e. The zero-order valence-corrected chi connectivity index (χ0v) is 9.91. The second kappa shape index (κ2) is 3.17. The van der Waals surface area contributed by atoms with Crippen LogP contribution in [0.3, 0.4) is 0 Å². The summed E-state index contributed by atoms with van der Waals surface area (Å²) in [5.74, 6) is -1.09. The predicted octanol–water partition coefficient (Wildman–Crippen LogP) is 3.37. The number of thiophene rings is 1. The molecule has 0 aliphatic carbocycles. The molecule has 1 aromatic heterocycles. The molecular formula is C14H6O3S. The van der Waals surface area contributed by atoms with E-state index in [1.807, 2.05) is 29.6 Å². The van der Waals surface area contributed by atoms with Gasteiger partial charge in [-0.2, -0.15) is 0 Å². The summed E-state index contributed by atoms with van der Waals surface area (Å²) >= 11 is 1.61. The van der Waals surface area contributed by atoms with Gasteiger partial charge in [0.15, 0.2) is 0 Å². The third-order valence-corrected chi connectivity index (χ3v) is 4.11. The van der Waals surface area contributed by atoms with Crippen molar-refractivity contribution in [1.29, 1.82) is 0 Å². The van der Waals surface area contributed by atoms with Crippen LogP contribution in [0.15, 0.2) is 35.7 Å². The molecule has 3 aromatic rings. The Labute approximate surface area is 106 Å². The predicted molar refractivity (Wildman–Crippen MR) is 69.1 cm³/mol. The van der Waals surface area contributed by atoms with Crippen molar-refractivity contribution >= 4 is 44.1 Å². The summed E-state index contributed by atoms with van der Waals surface area (Å²) in [6.07, 6.45) is 0. The molecule has 1 aliphatic rings. The zero-order chi connectivity index (χ0) is 12.3. The fourth-order valence-corrected chi connectivity index (χ4v) is 3.24. The monoisotopic (exact) mass is 254 g/mol. The maximum atomic E-state index is 11.8. The minimum atomic E-state index is -0.552. The molecule has 0 fully saturated rings. The summed E-state index contributed by atoms with van der Waals surface area (Å²) < 4.78 is 5.79. The van der Waals surface area contributed by atoms with Gasteiger partial charge in [-0.05, 0) is 29.0 Å². The lowest BCUT2D eigenvalue weighted by atomic mass is 9.98. The highest BCUT2D eigenvalue weighted by Gasteiger charge is 2.32. The number of ether oxygens (including phenoxy) is 1. The summed E-state index contributed by atoms with van der Waals surface area (Å²) in [6, 6.07) is 9.47. The SMILES string of the molecule is O=C1OC(=O)c2c1ccc1ccc3sccc3c21. The van der Waals surface area contributed by atoms with Gasteiger partial charge in [-0.25, -0.2) is 9.59 Å². The van der Waals surface area contributed by atoms with Crippen molar-refractivity contribution in [1.82, 2.24) is 0 Å². The second-order valence-electron chi connectivity index (χ2n) is 4.16. The minimum Gasteiger partial charge on any atom is -0.386 e. The fourth-order valence-electron chi connectivity index (χ4n) is 2.44. The number of carbonyl (C=O) groups is 2. The molecule has 0 N–H and O–H groups in total. The maximum absolute atomic E-state index is 11.8. The molecule has 18 heavy (non-hydrogen) atoms. The molecule has 4 heteroatoms. The first-order chi connectivity index (χ1) is 8.75. The summed E-state index contributed by atoms with van der Waals surface area (Å²) in [7, 11) is 0. The lowest BCUT2D eigenvalue weighted by molar-refractivity contribution is 0.0444. The molecule has 2 aromatic carbocycles. The van der Waals surface area contributed by atoms with E-state index in [4.69, 9.17) is 4.74 Å². The number of cyclic esters (lactones) is 2. The lowest BCUT2D eigenvalue weighted by Crippen LogP contribution is -1.97. The van der Waals surface area contributed by atoms with Crippen LogP contribution in [0.5, 0.6) is 0 Å². The van der Waals surface area contributed by atoms with Gasteiger partial charge >= 0.3 is 11.9 Å². The summed E-state index contributed by atoms with van der Waals surface area (Å²) in [5, 5.41) is 4.75. The average Bonchev–Trinajstić information content (AvgIpc) is 2.94. The van der Waals surface area contributed by atoms with Crippen LogP contribution in [-0.2, 0) is 4.74 Å². The Bertz CT molecular complexity index is 845. The highest BCUT2D eigenvalue weighted by atomic mass is 32.1. The van der Waals surface area contributed by atoms with Gasteiger partial charge in [0.05, 0.1) is 11.1 Å². The molecule has 0 unspecified atom stereocenters. The van der Waals surface area contributed by atoms with E-state index < -0.39 is 11.9 Å². The average molecular weight is 254 g/mol. The van der Waals surface area contributed by atoms with Gasteiger partial charge in [-0.3, -0.25) is 0 Å². The molecule has 0 saturated carbocycles. The number of fused-ring (bicyclic) bond motifs is 5. The molecule has 3 nitrogen and oxygen atoms in total. The number of hydrogen-bond acceptors (Lipinski definition) is 4. The normalized spacial score (nSPS) is 14.2. The largest absolute Gasteiger partial charge is 0.386 e. The molecule has 0 saturated heterocycles. The van der Waals surface area contributed by atoms with E-state index in [1.165, 1.54) is 0 Å². The zero-order valence-electron chi connectivity index (χ0n) is 9.10.